The fraction of sp³-hybridized carbons (Fsp3) is 0.524. The molecule has 1 N–H and O–H groups in total. The quantitative estimate of drug-likeness (QED) is 0.330. The van der Waals surface area contributed by atoms with Gasteiger partial charge in [-0.1, -0.05) is 58.0 Å². The summed E-state index contributed by atoms with van der Waals surface area (Å²) in [7, 11) is 0. The summed E-state index contributed by atoms with van der Waals surface area (Å²) in [6.45, 7) is 9.79. The van der Waals surface area contributed by atoms with Gasteiger partial charge in [0, 0.05) is 36.6 Å². The Morgan fingerprint density at radius 3 is 2.46 bits per heavy atom. The van der Waals surface area contributed by atoms with Crippen molar-refractivity contribution in [3.63, 3.8) is 0 Å². The molecule has 0 amide bonds. The van der Waals surface area contributed by atoms with Crippen molar-refractivity contribution in [2.45, 2.75) is 40.0 Å². The van der Waals surface area contributed by atoms with Crippen molar-refractivity contribution in [2.24, 2.45) is 11.8 Å². The fourth-order valence-electron chi connectivity index (χ4n) is 3.39. The number of hydrogen-bond acceptors (Lipinski definition) is 4. The van der Waals surface area contributed by atoms with Crippen molar-refractivity contribution in [3.8, 4) is 0 Å². The molecule has 1 aliphatic heterocycles. The number of nitro groups is 1. The molecule has 0 spiro atoms. The number of aliphatic hydroxyl groups excluding tert-OH is 1. The number of benzene rings is 1. The summed E-state index contributed by atoms with van der Waals surface area (Å²) in [6.07, 6.45) is 2.64. The summed E-state index contributed by atoms with van der Waals surface area (Å²) in [6, 6.07) is 10.4. The highest BCUT2D eigenvalue weighted by molar-refractivity contribution is 5.28. The van der Waals surface area contributed by atoms with E-state index in [1.807, 2.05) is 19.9 Å². The van der Waals surface area contributed by atoms with E-state index in [-0.39, 0.29) is 28.2 Å². The first-order valence-electron chi connectivity index (χ1n) is 9.34. The molecule has 1 heterocycles. The molecule has 0 aliphatic carbocycles. The van der Waals surface area contributed by atoms with Gasteiger partial charge in [-0.2, -0.15) is 0 Å². The van der Waals surface area contributed by atoms with Gasteiger partial charge in [0.25, 0.3) is 0 Å². The molecule has 1 fully saturated rings. The van der Waals surface area contributed by atoms with Crippen molar-refractivity contribution < 1.29 is 10.0 Å². The predicted octanol–water partition coefficient (Wildman–Crippen LogP) is 4.76. The van der Waals surface area contributed by atoms with Crippen molar-refractivity contribution in [1.29, 1.82) is 0 Å². The van der Waals surface area contributed by atoms with Gasteiger partial charge in [0.15, 0.2) is 0 Å². The summed E-state index contributed by atoms with van der Waals surface area (Å²) < 4.78 is 0. The molecule has 1 saturated heterocycles. The Kier molecular flexibility index (Phi) is 6.98. The number of likely N-dealkylation sites (tertiary alicyclic amines) is 1. The van der Waals surface area contributed by atoms with Crippen LogP contribution in [0.25, 0.3) is 0 Å². The van der Waals surface area contributed by atoms with E-state index in [4.69, 9.17) is 0 Å². The minimum atomic E-state index is -0.338. The number of nitrogens with zero attached hydrogens (tertiary/aromatic N) is 2. The van der Waals surface area contributed by atoms with Crippen molar-refractivity contribution in [1.82, 2.24) is 4.90 Å². The molecule has 5 nitrogen and oxygen atoms in total. The lowest BCUT2D eigenvalue weighted by molar-refractivity contribution is -0.432. The summed E-state index contributed by atoms with van der Waals surface area (Å²) in [5.74, 6) is 0.459. The molecule has 1 aromatic carbocycles. The second kappa shape index (κ2) is 8.99. The van der Waals surface area contributed by atoms with Gasteiger partial charge < -0.3 is 5.11 Å². The number of hydrogen-bond donors (Lipinski definition) is 1. The summed E-state index contributed by atoms with van der Waals surface area (Å²) in [5, 5.41) is 21.9. The lowest BCUT2D eigenvalue weighted by Gasteiger charge is -2.19. The summed E-state index contributed by atoms with van der Waals surface area (Å²) in [5.41, 5.74) is 2.14. The SMILES string of the molecule is CC(C)/C(O)=C(\C=C(/C(C)C)[N+](=O)[O-])CN1CCC(c2ccccc2)C1. The van der Waals surface area contributed by atoms with Crippen LogP contribution in [0.3, 0.4) is 0 Å². The Balaban J connectivity index is 2.20. The monoisotopic (exact) mass is 358 g/mol. The van der Waals surface area contributed by atoms with E-state index in [2.05, 4.69) is 29.2 Å². The van der Waals surface area contributed by atoms with Crippen LogP contribution in [0, 0.1) is 22.0 Å². The third-order valence-corrected chi connectivity index (χ3v) is 4.94. The lowest BCUT2D eigenvalue weighted by atomic mass is 9.99. The second-order valence-corrected chi connectivity index (χ2v) is 7.68. The van der Waals surface area contributed by atoms with Gasteiger partial charge in [0.1, 0.15) is 0 Å². The molecule has 26 heavy (non-hydrogen) atoms. The number of aliphatic hydroxyl groups is 1. The number of rotatable bonds is 7. The van der Waals surface area contributed by atoms with Crippen LogP contribution in [0.15, 0.2) is 53.4 Å². The molecule has 0 aromatic heterocycles. The fourth-order valence-corrected chi connectivity index (χ4v) is 3.39. The zero-order chi connectivity index (χ0) is 19.3. The first kappa shape index (κ1) is 20.2. The Morgan fingerprint density at radius 2 is 1.92 bits per heavy atom. The van der Waals surface area contributed by atoms with Gasteiger partial charge in [-0.3, -0.25) is 15.0 Å². The van der Waals surface area contributed by atoms with Crippen LogP contribution < -0.4 is 0 Å². The molecule has 0 bridgehead atoms. The first-order chi connectivity index (χ1) is 12.3. The summed E-state index contributed by atoms with van der Waals surface area (Å²) in [4.78, 5) is 13.3. The molecule has 1 unspecified atom stereocenters. The Hall–Kier alpha value is -2.14. The summed E-state index contributed by atoms with van der Waals surface area (Å²) >= 11 is 0. The van der Waals surface area contributed by atoms with E-state index < -0.39 is 0 Å². The van der Waals surface area contributed by atoms with Crippen molar-refractivity contribution >= 4 is 0 Å². The van der Waals surface area contributed by atoms with Crippen LogP contribution in [0.2, 0.25) is 0 Å². The zero-order valence-electron chi connectivity index (χ0n) is 16.2. The van der Waals surface area contributed by atoms with Crippen LogP contribution >= 0.6 is 0 Å². The van der Waals surface area contributed by atoms with Gasteiger partial charge in [0.05, 0.1) is 10.7 Å². The molecule has 0 saturated carbocycles. The second-order valence-electron chi connectivity index (χ2n) is 7.68. The standard InChI is InChI=1S/C21H30N2O3/c1-15(2)20(23(25)26)12-19(21(24)16(3)4)14-22-11-10-18(13-22)17-8-6-5-7-9-17/h5-9,12,15-16,18,24H,10-11,13-14H2,1-4H3/b20-12+,21-19-. The van der Waals surface area contributed by atoms with E-state index in [1.54, 1.807) is 19.9 Å². The van der Waals surface area contributed by atoms with Crippen LogP contribution in [0.5, 0.6) is 0 Å². The van der Waals surface area contributed by atoms with E-state index in [9.17, 15) is 15.2 Å². The first-order valence-corrected chi connectivity index (χ1v) is 9.34. The van der Waals surface area contributed by atoms with Gasteiger partial charge >= 0.3 is 0 Å². The largest absolute Gasteiger partial charge is 0.512 e. The van der Waals surface area contributed by atoms with E-state index >= 15 is 0 Å². The van der Waals surface area contributed by atoms with Gasteiger partial charge in [-0.05, 0) is 24.4 Å². The minimum Gasteiger partial charge on any atom is -0.512 e. The lowest BCUT2D eigenvalue weighted by Crippen LogP contribution is -2.24. The Labute approximate surface area is 156 Å². The van der Waals surface area contributed by atoms with Crippen molar-refractivity contribution in [2.75, 3.05) is 19.6 Å². The molecule has 5 heteroatoms. The molecule has 2 rings (SSSR count). The smallest absolute Gasteiger partial charge is 0.249 e. The minimum absolute atomic E-state index is 0.0612. The molecule has 1 aliphatic rings. The maximum atomic E-state index is 11.4. The van der Waals surface area contributed by atoms with Gasteiger partial charge in [0.2, 0.25) is 5.70 Å². The third-order valence-electron chi connectivity index (χ3n) is 4.94. The maximum absolute atomic E-state index is 11.4. The van der Waals surface area contributed by atoms with Crippen LogP contribution in [0.4, 0.5) is 0 Å². The predicted molar refractivity (Wildman–Crippen MR) is 105 cm³/mol. The Bertz CT molecular complexity index is 678. The van der Waals surface area contributed by atoms with E-state index in [1.165, 1.54) is 5.56 Å². The highest BCUT2D eigenvalue weighted by Gasteiger charge is 2.26. The van der Waals surface area contributed by atoms with Gasteiger partial charge in [-0.25, -0.2) is 0 Å². The van der Waals surface area contributed by atoms with Crippen LogP contribution in [-0.4, -0.2) is 34.6 Å². The average Bonchev–Trinajstić information content (AvgIpc) is 3.06. The van der Waals surface area contributed by atoms with Crippen molar-refractivity contribution in [3.05, 3.63) is 69.1 Å². The highest BCUT2D eigenvalue weighted by atomic mass is 16.6. The molecular weight excluding hydrogens is 328 g/mol. The normalized spacial score (nSPS) is 19.9. The number of allylic oxidation sites excluding steroid dienone is 2. The zero-order valence-corrected chi connectivity index (χ0v) is 16.2. The molecule has 0 radical (unpaired) electrons. The molecule has 1 aromatic rings. The topological polar surface area (TPSA) is 66.6 Å². The average molecular weight is 358 g/mol. The molecule has 1 atom stereocenters. The third kappa shape index (κ3) is 5.18. The van der Waals surface area contributed by atoms with Crippen LogP contribution in [-0.2, 0) is 0 Å². The van der Waals surface area contributed by atoms with E-state index in [0.29, 0.717) is 18.0 Å². The van der Waals surface area contributed by atoms with Crippen LogP contribution in [0.1, 0.15) is 45.6 Å². The van der Waals surface area contributed by atoms with Gasteiger partial charge in [-0.15, -0.1) is 0 Å². The molecule has 142 valence electrons. The van der Waals surface area contributed by atoms with E-state index in [0.717, 1.165) is 19.5 Å². The maximum Gasteiger partial charge on any atom is 0.249 e. The highest BCUT2D eigenvalue weighted by Crippen LogP contribution is 2.28. The Morgan fingerprint density at radius 1 is 1.27 bits per heavy atom. The molecular formula is C21H30N2O3.